The number of urea groups is 1. The Hall–Kier alpha value is -3.82. The van der Waals surface area contributed by atoms with Crippen LogP contribution in [0.25, 0.3) is 0 Å². The number of carbonyl (C=O) groups excluding carboxylic acids is 6. The average molecular weight is 729 g/mol. The number of carbonyl (C=O) groups is 6. The minimum Gasteiger partial charge on any atom is -0.447 e. The van der Waals surface area contributed by atoms with Crippen LogP contribution in [0.5, 0.6) is 0 Å². The molecule has 13 heteroatoms. The van der Waals surface area contributed by atoms with Crippen molar-refractivity contribution in [1.29, 1.82) is 0 Å². The SMILES string of the molecule is C#CCCC(NC(=O)[C@@H]1[C@@H](C(C)C)CCN1C(=O)[C@@H](NC(=O)N[C@H](COC(=O)NCC1CC1)C(C)(C)C)C1(C)CCCCC1)C(=O)C(=O)NCCC. The van der Waals surface area contributed by atoms with E-state index in [0.717, 1.165) is 32.1 Å². The lowest BCUT2D eigenvalue weighted by molar-refractivity contribution is -0.145. The van der Waals surface area contributed by atoms with Crippen LogP contribution >= 0.6 is 0 Å². The highest BCUT2D eigenvalue weighted by Crippen LogP contribution is 2.41. The molecule has 0 aromatic carbocycles. The van der Waals surface area contributed by atoms with E-state index in [9.17, 15) is 28.8 Å². The van der Waals surface area contributed by atoms with Gasteiger partial charge in [0.05, 0.1) is 12.1 Å². The summed E-state index contributed by atoms with van der Waals surface area (Å²) in [5, 5.41) is 14.1. The molecule has 52 heavy (non-hydrogen) atoms. The summed E-state index contributed by atoms with van der Waals surface area (Å²) in [7, 11) is 0. The van der Waals surface area contributed by atoms with E-state index in [0.29, 0.717) is 51.2 Å². The van der Waals surface area contributed by atoms with Crippen molar-refractivity contribution in [2.75, 3.05) is 26.2 Å². The second-order valence-electron chi connectivity index (χ2n) is 16.7. The maximum absolute atomic E-state index is 14.8. The molecule has 13 nitrogen and oxygen atoms in total. The zero-order valence-corrected chi connectivity index (χ0v) is 32.5. The number of amides is 6. The van der Waals surface area contributed by atoms with E-state index in [-0.39, 0.29) is 37.2 Å². The van der Waals surface area contributed by atoms with Gasteiger partial charge in [-0.05, 0) is 73.5 Å². The Morgan fingerprint density at radius 2 is 1.63 bits per heavy atom. The van der Waals surface area contributed by atoms with Gasteiger partial charge in [-0.2, -0.15) is 0 Å². The normalized spacial score (nSPS) is 21.6. The molecule has 292 valence electrons. The first kappa shape index (κ1) is 42.6. The fraction of sp³-hybridized carbons (Fsp3) is 0.795. The summed E-state index contributed by atoms with van der Waals surface area (Å²) in [6, 6.07) is -4.14. The lowest BCUT2D eigenvalue weighted by Crippen LogP contribution is -2.63. The topological polar surface area (TPSA) is 175 Å². The number of alkyl carbamates (subject to hydrolysis) is 1. The Labute approximate surface area is 310 Å². The molecular weight excluding hydrogens is 664 g/mol. The summed E-state index contributed by atoms with van der Waals surface area (Å²) in [6.45, 7) is 14.8. The number of hydrogen-bond donors (Lipinski definition) is 5. The summed E-state index contributed by atoms with van der Waals surface area (Å²) in [4.78, 5) is 82.5. The Morgan fingerprint density at radius 1 is 0.962 bits per heavy atom. The molecule has 0 aromatic rings. The molecule has 1 aliphatic heterocycles. The van der Waals surface area contributed by atoms with Gasteiger partial charge in [0.1, 0.15) is 18.7 Å². The molecule has 1 unspecified atom stereocenters. The van der Waals surface area contributed by atoms with Gasteiger partial charge in [0.2, 0.25) is 17.6 Å². The van der Waals surface area contributed by atoms with Crippen LogP contribution in [0.1, 0.15) is 119 Å². The van der Waals surface area contributed by atoms with Crippen molar-refractivity contribution in [2.45, 2.75) is 143 Å². The zero-order chi connectivity index (χ0) is 38.6. The molecule has 6 amide bonds. The van der Waals surface area contributed by atoms with E-state index < -0.39 is 64.7 Å². The predicted octanol–water partition coefficient (Wildman–Crippen LogP) is 4.04. The van der Waals surface area contributed by atoms with Gasteiger partial charge in [0.15, 0.2) is 0 Å². The lowest BCUT2D eigenvalue weighted by Gasteiger charge is -2.43. The number of nitrogens with one attached hydrogen (secondary N) is 5. The van der Waals surface area contributed by atoms with Gasteiger partial charge < -0.3 is 36.2 Å². The summed E-state index contributed by atoms with van der Waals surface area (Å²) in [5.74, 6) is 0.326. The number of Topliss-reactive ketones (excluding diaryl/α,β-unsaturated/α-hetero) is 1. The Balaban J connectivity index is 1.85. The van der Waals surface area contributed by atoms with Crippen LogP contribution in [0, 0.1) is 40.9 Å². The van der Waals surface area contributed by atoms with Crippen molar-refractivity contribution in [2.24, 2.45) is 28.6 Å². The molecule has 0 radical (unpaired) electrons. The van der Waals surface area contributed by atoms with Gasteiger partial charge in [0.25, 0.3) is 5.91 Å². The van der Waals surface area contributed by atoms with Crippen LogP contribution in [0.4, 0.5) is 9.59 Å². The zero-order valence-electron chi connectivity index (χ0n) is 32.5. The van der Waals surface area contributed by atoms with Crippen molar-refractivity contribution in [3.63, 3.8) is 0 Å². The molecule has 0 spiro atoms. The second-order valence-corrected chi connectivity index (χ2v) is 16.7. The second kappa shape index (κ2) is 19.3. The predicted molar refractivity (Wildman–Crippen MR) is 199 cm³/mol. The summed E-state index contributed by atoms with van der Waals surface area (Å²) < 4.78 is 5.49. The Morgan fingerprint density at radius 3 is 2.21 bits per heavy atom. The third kappa shape index (κ3) is 12.1. The first-order chi connectivity index (χ1) is 24.5. The third-order valence-electron chi connectivity index (χ3n) is 11.0. The van der Waals surface area contributed by atoms with Gasteiger partial charge in [-0.1, -0.05) is 67.7 Å². The standard InChI is InChI=1S/C39H64N6O7/c1-9-11-15-28(31(46)34(48)40-21-10-2)42-33(47)30-27(25(3)4)18-22-45(30)35(49)32(39(8)19-13-12-14-20-39)44-36(50)43-29(38(5,6)7)24-52-37(51)41-23-26-16-17-26/h1,25-30,32H,10-24H2,2-8H3,(H,40,48)(H,41,51)(H,42,47)(H2,43,44,50)/t27-,28?,29-,30+,32-/m1/s1. The Kier molecular flexibility index (Phi) is 15.8. The fourth-order valence-corrected chi connectivity index (χ4v) is 7.28. The molecule has 1 saturated heterocycles. The molecule has 3 aliphatic rings. The molecule has 1 heterocycles. The minimum absolute atomic E-state index is 0.0234. The van der Waals surface area contributed by atoms with Crippen molar-refractivity contribution < 1.29 is 33.5 Å². The van der Waals surface area contributed by atoms with E-state index in [1.165, 1.54) is 0 Å². The highest BCUT2D eigenvalue weighted by Gasteiger charge is 2.50. The van der Waals surface area contributed by atoms with Crippen molar-refractivity contribution in [1.82, 2.24) is 31.5 Å². The number of ketones is 1. The van der Waals surface area contributed by atoms with E-state index in [1.807, 2.05) is 48.5 Å². The third-order valence-corrected chi connectivity index (χ3v) is 11.0. The van der Waals surface area contributed by atoms with E-state index in [4.69, 9.17) is 11.2 Å². The van der Waals surface area contributed by atoms with Crippen LogP contribution in [-0.2, 0) is 23.9 Å². The summed E-state index contributed by atoms with van der Waals surface area (Å²) >= 11 is 0. The maximum atomic E-state index is 14.8. The number of rotatable bonds is 17. The molecular formula is C39H64N6O7. The van der Waals surface area contributed by atoms with Crippen LogP contribution in [0.2, 0.25) is 0 Å². The van der Waals surface area contributed by atoms with Crippen molar-refractivity contribution in [3.05, 3.63) is 0 Å². The molecule has 5 N–H and O–H groups in total. The number of terminal acetylenes is 1. The van der Waals surface area contributed by atoms with Crippen molar-refractivity contribution >= 4 is 35.6 Å². The maximum Gasteiger partial charge on any atom is 0.407 e. The van der Waals surface area contributed by atoms with Crippen LogP contribution < -0.4 is 26.6 Å². The first-order valence-corrected chi connectivity index (χ1v) is 19.4. The molecule has 0 aromatic heterocycles. The summed E-state index contributed by atoms with van der Waals surface area (Å²) in [5.41, 5.74) is -1.06. The van der Waals surface area contributed by atoms with Gasteiger partial charge in [0, 0.05) is 26.1 Å². The van der Waals surface area contributed by atoms with E-state index in [2.05, 4.69) is 32.5 Å². The molecule has 3 fully saturated rings. The fourth-order valence-electron chi connectivity index (χ4n) is 7.28. The van der Waals surface area contributed by atoms with Crippen LogP contribution in [-0.4, -0.2) is 90.9 Å². The molecule has 5 atom stereocenters. The van der Waals surface area contributed by atoms with E-state index >= 15 is 0 Å². The van der Waals surface area contributed by atoms with Gasteiger partial charge in [-0.3, -0.25) is 19.2 Å². The molecule has 3 rings (SSSR count). The number of hydrogen-bond acceptors (Lipinski definition) is 7. The number of nitrogens with zero attached hydrogens (tertiary/aromatic N) is 1. The van der Waals surface area contributed by atoms with Gasteiger partial charge in [-0.25, -0.2) is 9.59 Å². The highest BCUT2D eigenvalue weighted by molar-refractivity contribution is 6.38. The quantitative estimate of drug-likeness (QED) is 0.111. The largest absolute Gasteiger partial charge is 0.447 e. The van der Waals surface area contributed by atoms with Crippen LogP contribution in [0.3, 0.4) is 0 Å². The van der Waals surface area contributed by atoms with Gasteiger partial charge in [-0.15, -0.1) is 12.3 Å². The average Bonchev–Trinajstić information content (AvgIpc) is 3.82. The highest BCUT2D eigenvalue weighted by atomic mass is 16.5. The summed E-state index contributed by atoms with van der Waals surface area (Å²) in [6.07, 6.45) is 12.8. The molecule has 2 aliphatic carbocycles. The smallest absolute Gasteiger partial charge is 0.407 e. The van der Waals surface area contributed by atoms with Gasteiger partial charge >= 0.3 is 12.1 Å². The van der Waals surface area contributed by atoms with Crippen molar-refractivity contribution in [3.8, 4) is 12.3 Å². The first-order valence-electron chi connectivity index (χ1n) is 19.4. The Bertz CT molecular complexity index is 1310. The van der Waals surface area contributed by atoms with Crippen LogP contribution in [0.15, 0.2) is 0 Å². The molecule has 2 saturated carbocycles. The van der Waals surface area contributed by atoms with E-state index in [1.54, 1.807) is 4.90 Å². The number of ether oxygens (including phenoxy) is 1. The lowest BCUT2D eigenvalue weighted by atomic mass is 9.70. The minimum atomic E-state index is -1.14. The molecule has 0 bridgehead atoms. The monoisotopic (exact) mass is 728 g/mol. The number of likely N-dealkylation sites (tertiary alicyclic amines) is 1.